The lowest BCUT2D eigenvalue weighted by atomic mass is 9.71. The first-order chi connectivity index (χ1) is 13.6. The van der Waals surface area contributed by atoms with Crippen LogP contribution >= 0.6 is 0 Å². The molecule has 6 nitrogen and oxygen atoms in total. The van der Waals surface area contributed by atoms with Crippen molar-refractivity contribution in [2.24, 2.45) is 5.41 Å². The number of aryl methyl sites for hydroxylation is 1. The molecule has 3 N–H and O–H groups in total. The van der Waals surface area contributed by atoms with Gasteiger partial charge in [-0.15, -0.1) is 0 Å². The number of rotatable bonds is 3. The first-order valence-corrected chi connectivity index (χ1v) is 9.86. The number of likely N-dealkylation sites (tertiary alicyclic amines) is 1. The Kier molecular flexibility index (Phi) is 4.18. The summed E-state index contributed by atoms with van der Waals surface area (Å²) in [5.41, 5.74) is 7.27. The standard InChI is InChI=1S/C22H24N4O2/c27-21(25-28)16-5-6-17-12-22(8-7-15(17)11-16)9-10-26(14-22)13-20-23-18-3-1-2-4-19(18)24-20/h1-6,11,28H,7-10,12-14H2,(H,23,24)(H,25,27). The summed E-state index contributed by atoms with van der Waals surface area (Å²) in [4.78, 5) is 22.3. The SMILES string of the molecule is O=C(NO)c1ccc2c(c1)CCC1(CCN(Cc3nc4ccccc4[nH]3)C1)C2. The maximum absolute atomic E-state index is 11.7. The van der Waals surface area contributed by atoms with Crippen molar-refractivity contribution in [1.82, 2.24) is 20.3 Å². The van der Waals surface area contributed by atoms with E-state index < -0.39 is 5.91 Å². The maximum Gasteiger partial charge on any atom is 0.274 e. The van der Waals surface area contributed by atoms with E-state index in [4.69, 9.17) is 10.2 Å². The minimum atomic E-state index is -0.444. The van der Waals surface area contributed by atoms with Crippen LogP contribution in [0.4, 0.5) is 0 Å². The third kappa shape index (κ3) is 3.08. The van der Waals surface area contributed by atoms with Gasteiger partial charge in [-0.1, -0.05) is 18.2 Å². The van der Waals surface area contributed by atoms with E-state index in [0.29, 0.717) is 11.0 Å². The highest BCUT2D eigenvalue weighted by molar-refractivity contribution is 5.93. The minimum Gasteiger partial charge on any atom is -0.341 e. The predicted molar refractivity (Wildman–Crippen MR) is 106 cm³/mol. The summed E-state index contributed by atoms with van der Waals surface area (Å²) in [6.07, 6.45) is 4.38. The number of nitrogens with zero attached hydrogens (tertiary/aromatic N) is 2. The quantitative estimate of drug-likeness (QED) is 0.485. The molecule has 1 aromatic heterocycles. The molecule has 1 amide bonds. The first-order valence-electron chi connectivity index (χ1n) is 9.86. The number of hydroxylamine groups is 1. The summed E-state index contributed by atoms with van der Waals surface area (Å²) >= 11 is 0. The van der Waals surface area contributed by atoms with Crippen LogP contribution in [0, 0.1) is 5.41 Å². The molecular weight excluding hydrogens is 352 g/mol. The monoisotopic (exact) mass is 376 g/mol. The van der Waals surface area contributed by atoms with Gasteiger partial charge in [0.15, 0.2) is 0 Å². The van der Waals surface area contributed by atoms with Crippen LogP contribution in [-0.4, -0.2) is 39.1 Å². The molecule has 2 heterocycles. The molecule has 1 saturated heterocycles. The van der Waals surface area contributed by atoms with Gasteiger partial charge in [-0.2, -0.15) is 0 Å². The molecule has 2 aromatic carbocycles. The Morgan fingerprint density at radius 2 is 2.11 bits per heavy atom. The molecule has 3 aromatic rings. The van der Waals surface area contributed by atoms with Gasteiger partial charge in [-0.3, -0.25) is 14.9 Å². The summed E-state index contributed by atoms with van der Waals surface area (Å²) in [5, 5.41) is 8.84. The van der Waals surface area contributed by atoms with E-state index in [9.17, 15) is 4.79 Å². The summed E-state index contributed by atoms with van der Waals surface area (Å²) in [5.74, 6) is 0.593. The van der Waals surface area contributed by atoms with Crippen LogP contribution in [0.1, 0.15) is 40.2 Å². The normalized spacial score (nSPS) is 21.9. The average molecular weight is 376 g/mol. The number of aromatic amines is 1. The van der Waals surface area contributed by atoms with Crippen molar-refractivity contribution >= 4 is 16.9 Å². The molecule has 5 rings (SSSR count). The zero-order valence-electron chi connectivity index (χ0n) is 15.7. The lowest BCUT2D eigenvalue weighted by Crippen LogP contribution is -2.33. The molecule has 1 aliphatic carbocycles. The highest BCUT2D eigenvalue weighted by Gasteiger charge is 2.40. The van der Waals surface area contributed by atoms with Crippen LogP contribution in [0.25, 0.3) is 11.0 Å². The van der Waals surface area contributed by atoms with Gasteiger partial charge in [0.2, 0.25) is 0 Å². The molecule has 1 aliphatic heterocycles. The number of imidazole rings is 1. The number of H-pyrrole nitrogens is 1. The molecule has 0 radical (unpaired) electrons. The topological polar surface area (TPSA) is 81.2 Å². The second-order valence-corrected chi connectivity index (χ2v) is 8.26. The Morgan fingerprint density at radius 3 is 2.96 bits per heavy atom. The third-order valence-electron chi connectivity index (χ3n) is 6.39. The van der Waals surface area contributed by atoms with E-state index in [1.54, 1.807) is 5.48 Å². The van der Waals surface area contributed by atoms with E-state index in [-0.39, 0.29) is 0 Å². The first kappa shape index (κ1) is 17.4. The second kappa shape index (κ2) is 6.72. The van der Waals surface area contributed by atoms with E-state index >= 15 is 0 Å². The molecular formula is C22H24N4O2. The number of hydrogen-bond donors (Lipinski definition) is 3. The lowest BCUT2D eigenvalue weighted by molar-refractivity contribution is 0.0706. The van der Waals surface area contributed by atoms with Gasteiger partial charge in [0.1, 0.15) is 5.82 Å². The number of nitrogens with one attached hydrogen (secondary N) is 2. The van der Waals surface area contributed by atoms with Gasteiger partial charge in [0.25, 0.3) is 5.91 Å². The van der Waals surface area contributed by atoms with Gasteiger partial charge in [0, 0.05) is 12.1 Å². The number of aromatic nitrogens is 2. The average Bonchev–Trinajstić information content (AvgIpc) is 3.30. The minimum absolute atomic E-state index is 0.319. The molecule has 0 bridgehead atoms. The van der Waals surface area contributed by atoms with Crippen molar-refractivity contribution in [1.29, 1.82) is 0 Å². The Morgan fingerprint density at radius 1 is 1.21 bits per heavy atom. The van der Waals surface area contributed by atoms with Crippen LogP contribution in [-0.2, 0) is 19.4 Å². The zero-order valence-corrected chi connectivity index (χ0v) is 15.7. The Labute approximate surface area is 163 Å². The Bertz CT molecular complexity index is 1010. The van der Waals surface area contributed by atoms with Crippen LogP contribution in [0.2, 0.25) is 0 Å². The number of hydrogen-bond acceptors (Lipinski definition) is 4. The van der Waals surface area contributed by atoms with E-state index in [1.165, 1.54) is 17.5 Å². The second-order valence-electron chi connectivity index (χ2n) is 8.26. The third-order valence-corrected chi connectivity index (χ3v) is 6.39. The number of carbonyl (C=O) groups excluding carboxylic acids is 1. The number of benzene rings is 2. The Hall–Kier alpha value is -2.70. The van der Waals surface area contributed by atoms with Gasteiger partial charge in [-0.05, 0) is 73.0 Å². The molecule has 1 spiro atoms. The fraction of sp³-hybridized carbons (Fsp3) is 0.364. The summed E-state index contributed by atoms with van der Waals surface area (Å²) < 4.78 is 0. The molecule has 1 fully saturated rings. The van der Waals surface area contributed by atoms with Crippen LogP contribution in [0.5, 0.6) is 0 Å². The highest BCUT2D eigenvalue weighted by Crippen LogP contribution is 2.43. The molecule has 6 heteroatoms. The fourth-order valence-electron chi connectivity index (χ4n) is 4.93. The van der Waals surface area contributed by atoms with Crippen LogP contribution in [0.15, 0.2) is 42.5 Å². The molecule has 28 heavy (non-hydrogen) atoms. The summed E-state index contributed by atoms with van der Waals surface area (Å²) in [6, 6.07) is 14.0. The smallest absolute Gasteiger partial charge is 0.274 e. The molecule has 1 unspecified atom stereocenters. The van der Waals surface area contributed by atoms with Gasteiger partial charge in [-0.25, -0.2) is 10.5 Å². The number of para-hydroxylation sites is 2. The number of amides is 1. The van der Waals surface area contributed by atoms with Crippen LogP contribution in [0.3, 0.4) is 0 Å². The molecule has 2 aliphatic rings. The van der Waals surface area contributed by atoms with Gasteiger partial charge < -0.3 is 4.98 Å². The zero-order chi connectivity index (χ0) is 19.1. The van der Waals surface area contributed by atoms with Crippen molar-refractivity contribution in [3.63, 3.8) is 0 Å². The van der Waals surface area contributed by atoms with Gasteiger partial charge >= 0.3 is 0 Å². The number of fused-ring (bicyclic) bond motifs is 2. The number of carbonyl (C=O) groups is 1. The molecule has 1 atom stereocenters. The van der Waals surface area contributed by atoms with Gasteiger partial charge in [0.05, 0.1) is 17.6 Å². The maximum atomic E-state index is 11.7. The Balaban J connectivity index is 1.29. The summed E-state index contributed by atoms with van der Waals surface area (Å²) in [6.45, 7) is 3.04. The highest BCUT2D eigenvalue weighted by atomic mass is 16.5. The summed E-state index contributed by atoms with van der Waals surface area (Å²) in [7, 11) is 0. The van der Waals surface area contributed by atoms with Crippen molar-refractivity contribution in [3.8, 4) is 0 Å². The fourth-order valence-corrected chi connectivity index (χ4v) is 4.93. The van der Waals surface area contributed by atoms with E-state index in [2.05, 4.69) is 22.0 Å². The lowest BCUT2D eigenvalue weighted by Gasteiger charge is -2.35. The van der Waals surface area contributed by atoms with Crippen molar-refractivity contribution < 1.29 is 10.0 Å². The largest absolute Gasteiger partial charge is 0.341 e. The molecule has 144 valence electrons. The predicted octanol–water partition coefficient (Wildman–Crippen LogP) is 3.06. The van der Waals surface area contributed by atoms with Crippen molar-refractivity contribution in [2.75, 3.05) is 13.1 Å². The van der Waals surface area contributed by atoms with Crippen LogP contribution < -0.4 is 5.48 Å². The van der Waals surface area contributed by atoms with E-state index in [0.717, 1.165) is 55.8 Å². The van der Waals surface area contributed by atoms with Crippen molar-refractivity contribution in [2.45, 2.75) is 32.2 Å². The van der Waals surface area contributed by atoms with Crippen molar-refractivity contribution in [3.05, 3.63) is 65.0 Å². The van der Waals surface area contributed by atoms with E-state index in [1.807, 2.05) is 30.3 Å². The molecule has 0 saturated carbocycles.